The minimum atomic E-state index is -4.60. The van der Waals surface area contributed by atoms with Crippen molar-refractivity contribution in [2.75, 3.05) is 6.61 Å². The molecule has 0 spiro atoms. The number of rotatable bonds is 9. The molecule has 0 bridgehead atoms. The van der Waals surface area contributed by atoms with Crippen LogP contribution in [0.15, 0.2) is 36.4 Å². The van der Waals surface area contributed by atoms with Gasteiger partial charge in [-0.2, -0.15) is 13.2 Å². The normalized spacial score (nSPS) is 12.4. The van der Waals surface area contributed by atoms with Crippen LogP contribution >= 0.6 is 11.6 Å². The number of nitrogens with zero attached hydrogens (tertiary/aromatic N) is 1. The van der Waals surface area contributed by atoms with Gasteiger partial charge in [-0.15, -0.1) is 0 Å². The molecule has 8 nitrogen and oxygen atoms in total. The molecule has 2 rings (SSSR count). The lowest BCUT2D eigenvalue weighted by Gasteiger charge is -2.14. The molecule has 0 heterocycles. The van der Waals surface area contributed by atoms with Gasteiger partial charge >= 0.3 is 12.1 Å². The van der Waals surface area contributed by atoms with E-state index in [0.717, 1.165) is 30.3 Å². The number of ketones is 1. The maximum Gasteiger partial charge on any atom is 0.416 e. The van der Waals surface area contributed by atoms with Crippen LogP contribution in [-0.2, 0) is 20.4 Å². The van der Waals surface area contributed by atoms with Crippen LogP contribution in [0.25, 0.3) is 0 Å². The first kappa shape index (κ1) is 26.1. The number of nitro groups is 1. The number of carbonyl (C=O) groups excluding carboxylic acids is 2. The summed E-state index contributed by atoms with van der Waals surface area (Å²) >= 11 is 5.86. The van der Waals surface area contributed by atoms with E-state index in [4.69, 9.17) is 25.8 Å². The fraction of sp³-hybridized carbons (Fsp3) is 0.333. The number of nitro benzene ring substituents is 1. The molecule has 0 N–H and O–H groups in total. The average Bonchev–Trinajstić information content (AvgIpc) is 2.71. The number of esters is 1. The van der Waals surface area contributed by atoms with Crippen LogP contribution in [0.5, 0.6) is 11.5 Å². The van der Waals surface area contributed by atoms with Gasteiger partial charge in [0.1, 0.15) is 23.7 Å². The highest BCUT2D eigenvalue weighted by Gasteiger charge is 2.31. The van der Waals surface area contributed by atoms with Crippen LogP contribution in [0, 0.1) is 10.1 Å². The SMILES string of the molecule is CC(C)OC(=O)C(C)OCC(=O)c1cc(Oc2ccc(C(F)(F)F)cc2Cl)ccc1[N+](=O)[O-]. The Hall–Kier alpha value is -3.18. The summed E-state index contributed by atoms with van der Waals surface area (Å²) in [6.45, 7) is 3.96. The minimum absolute atomic E-state index is 0.0853. The van der Waals surface area contributed by atoms with Crippen LogP contribution in [-0.4, -0.2) is 35.5 Å². The summed E-state index contributed by atoms with van der Waals surface area (Å²) in [5, 5.41) is 11.0. The second-order valence-corrected chi connectivity index (χ2v) is 7.45. The molecule has 12 heteroatoms. The summed E-state index contributed by atoms with van der Waals surface area (Å²) in [5.41, 5.74) is -1.92. The standard InChI is InChI=1S/C21H19ClF3NO7/c1-11(2)32-20(28)12(3)31-10-18(27)15-9-14(5-6-17(15)26(29)30)33-19-7-4-13(8-16(19)22)21(23,24)25/h4-9,11-12H,10H2,1-3H3. The van der Waals surface area contributed by atoms with Crippen molar-refractivity contribution in [2.24, 2.45) is 0 Å². The lowest BCUT2D eigenvalue weighted by Crippen LogP contribution is -2.28. The maximum absolute atomic E-state index is 12.8. The molecular weight excluding hydrogens is 471 g/mol. The van der Waals surface area contributed by atoms with Gasteiger partial charge in [-0.3, -0.25) is 14.9 Å². The number of ether oxygens (including phenoxy) is 3. The van der Waals surface area contributed by atoms with Crippen LogP contribution in [0.2, 0.25) is 5.02 Å². The number of alkyl halides is 3. The third kappa shape index (κ3) is 7.16. The average molecular weight is 490 g/mol. The quantitative estimate of drug-likeness (QED) is 0.195. The second kappa shape index (κ2) is 10.6. The van der Waals surface area contributed by atoms with Gasteiger partial charge in [0.2, 0.25) is 0 Å². The van der Waals surface area contributed by atoms with E-state index in [1.165, 1.54) is 6.92 Å². The first-order valence-electron chi connectivity index (χ1n) is 9.48. The smallest absolute Gasteiger partial charge is 0.416 e. The first-order chi connectivity index (χ1) is 15.3. The zero-order valence-electron chi connectivity index (χ0n) is 17.6. The zero-order chi connectivity index (χ0) is 24.9. The molecule has 0 aliphatic rings. The summed E-state index contributed by atoms with van der Waals surface area (Å²) in [4.78, 5) is 34.9. The molecule has 33 heavy (non-hydrogen) atoms. The van der Waals surface area contributed by atoms with Gasteiger partial charge in [-0.25, -0.2) is 4.79 Å². The van der Waals surface area contributed by atoms with Gasteiger partial charge in [0, 0.05) is 6.07 Å². The predicted molar refractivity (Wildman–Crippen MR) is 111 cm³/mol. The van der Waals surface area contributed by atoms with Crippen molar-refractivity contribution < 1.29 is 41.9 Å². The summed E-state index contributed by atoms with van der Waals surface area (Å²) < 4.78 is 53.9. The lowest BCUT2D eigenvalue weighted by atomic mass is 10.1. The van der Waals surface area contributed by atoms with Gasteiger partial charge < -0.3 is 14.2 Å². The number of carbonyl (C=O) groups is 2. The largest absolute Gasteiger partial charge is 0.461 e. The van der Waals surface area contributed by atoms with E-state index in [1.54, 1.807) is 13.8 Å². The molecule has 0 aliphatic carbocycles. The Kier molecular flexibility index (Phi) is 8.39. The molecule has 0 aromatic heterocycles. The summed E-state index contributed by atoms with van der Waals surface area (Å²) in [6, 6.07) is 5.60. The fourth-order valence-electron chi connectivity index (χ4n) is 2.52. The Labute approximate surface area is 191 Å². The van der Waals surface area contributed by atoms with Crippen molar-refractivity contribution in [2.45, 2.75) is 39.2 Å². The van der Waals surface area contributed by atoms with Crippen molar-refractivity contribution in [1.29, 1.82) is 0 Å². The van der Waals surface area contributed by atoms with E-state index in [-0.39, 0.29) is 22.1 Å². The minimum Gasteiger partial charge on any atom is -0.461 e. The molecular formula is C21H19ClF3NO7. The first-order valence-corrected chi connectivity index (χ1v) is 9.85. The fourth-order valence-corrected chi connectivity index (χ4v) is 2.74. The Morgan fingerprint density at radius 1 is 1.12 bits per heavy atom. The summed E-state index contributed by atoms with van der Waals surface area (Å²) in [6.07, 6.45) is -6.10. The molecule has 1 atom stereocenters. The molecule has 0 radical (unpaired) electrons. The summed E-state index contributed by atoms with van der Waals surface area (Å²) in [7, 11) is 0. The monoisotopic (exact) mass is 489 g/mol. The van der Waals surface area contributed by atoms with E-state index in [2.05, 4.69) is 0 Å². The van der Waals surface area contributed by atoms with Crippen LogP contribution in [0.1, 0.15) is 36.7 Å². The Morgan fingerprint density at radius 3 is 2.33 bits per heavy atom. The van der Waals surface area contributed by atoms with E-state index >= 15 is 0 Å². The molecule has 2 aromatic carbocycles. The van der Waals surface area contributed by atoms with Gasteiger partial charge in [0.05, 0.1) is 21.6 Å². The number of Topliss-reactive ketones (excluding diaryl/α,β-unsaturated/α-hetero) is 1. The van der Waals surface area contributed by atoms with Gasteiger partial charge in [0.25, 0.3) is 5.69 Å². The van der Waals surface area contributed by atoms with E-state index in [1.807, 2.05) is 0 Å². The van der Waals surface area contributed by atoms with Crippen molar-refractivity contribution in [3.63, 3.8) is 0 Å². The van der Waals surface area contributed by atoms with Gasteiger partial charge in [-0.05, 0) is 51.1 Å². The van der Waals surface area contributed by atoms with Gasteiger partial charge in [-0.1, -0.05) is 11.6 Å². The van der Waals surface area contributed by atoms with Crippen LogP contribution < -0.4 is 4.74 Å². The number of hydrogen-bond acceptors (Lipinski definition) is 7. The predicted octanol–water partition coefficient (Wildman–Crippen LogP) is 5.60. The molecule has 0 saturated carbocycles. The van der Waals surface area contributed by atoms with Crippen LogP contribution in [0.3, 0.4) is 0 Å². The Balaban J connectivity index is 2.23. The molecule has 0 fully saturated rings. The number of halogens is 4. The topological polar surface area (TPSA) is 105 Å². The van der Waals surface area contributed by atoms with E-state index < -0.39 is 52.9 Å². The number of hydrogen-bond donors (Lipinski definition) is 0. The third-order valence-corrected chi connectivity index (χ3v) is 4.40. The molecule has 0 amide bonds. The maximum atomic E-state index is 12.8. The second-order valence-electron chi connectivity index (χ2n) is 7.04. The highest BCUT2D eigenvalue weighted by Crippen LogP contribution is 2.37. The zero-order valence-corrected chi connectivity index (χ0v) is 18.4. The van der Waals surface area contributed by atoms with Gasteiger partial charge in [0.15, 0.2) is 11.9 Å². The van der Waals surface area contributed by atoms with Crippen molar-refractivity contribution in [3.05, 3.63) is 62.7 Å². The highest BCUT2D eigenvalue weighted by atomic mass is 35.5. The lowest BCUT2D eigenvalue weighted by molar-refractivity contribution is -0.385. The molecule has 0 saturated heterocycles. The summed E-state index contributed by atoms with van der Waals surface area (Å²) in [5.74, 6) is -1.77. The van der Waals surface area contributed by atoms with Crippen LogP contribution in [0.4, 0.5) is 18.9 Å². The van der Waals surface area contributed by atoms with E-state index in [9.17, 15) is 32.9 Å². The Bertz CT molecular complexity index is 1060. The van der Waals surface area contributed by atoms with E-state index in [0.29, 0.717) is 6.07 Å². The van der Waals surface area contributed by atoms with Crippen molar-refractivity contribution in [1.82, 2.24) is 0 Å². The number of benzene rings is 2. The molecule has 2 aromatic rings. The van der Waals surface area contributed by atoms with Crippen molar-refractivity contribution >= 4 is 29.0 Å². The molecule has 178 valence electrons. The highest BCUT2D eigenvalue weighted by molar-refractivity contribution is 6.32. The molecule has 1 unspecified atom stereocenters. The van der Waals surface area contributed by atoms with Crippen molar-refractivity contribution in [3.8, 4) is 11.5 Å². The Morgan fingerprint density at radius 2 is 1.79 bits per heavy atom. The molecule has 0 aliphatic heterocycles. The third-order valence-electron chi connectivity index (χ3n) is 4.10.